The fourth-order valence-electron chi connectivity index (χ4n) is 2.71. The zero-order valence-electron chi connectivity index (χ0n) is 11.5. The maximum atomic E-state index is 12.2. The molecule has 1 atom stereocenters. The summed E-state index contributed by atoms with van der Waals surface area (Å²) < 4.78 is 0. The van der Waals surface area contributed by atoms with Crippen LogP contribution in [0.25, 0.3) is 0 Å². The third-order valence-corrected chi connectivity index (χ3v) is 3.88. The van der Waals surface area contributed by atoms with Gasteiger partial charge in [-0.15, -0.1) is 0 Å². The Labute approximate surface area is 110 Å². The average Bonchev–Trinajstić information content (AvgIpc) is 2.37. The molecule has 98 valence electrons. The van der Waals surface area contributed by atoms with E-state index in [1.54, 1.807) is 0 Å². The molecular formula is C16H23NO. The van der Waals surface area contributed by atoms with Crippen LogP contribution in [0.1, 0.15) is 37.3 Å². The van der Waals surface area contributed by atoms with E-state index in [0.29, 0.717) is 18.2 Å². The maximum absolute atomic E-state index is 12.2. The van der Waals surface area contributed by atoms with E-state index in [0.717, 1.165) is 25.9 Å². The quantitative estimate of drug-likeness (QED) is 0.801. The summed E-state index contributed by atoms with van der Waals surface area (Å²) in [4.78, 5) is 14.2. The first-order chi connectivity index (χ1) is 8.66. The number of amides is 1. The molecule has 0 aliphatic carbocycles. The van der Waals surface area contributed by atoms with E-state index >= 15 is 0 Å². The summed E-state index contributed by atoms with van der Waals surface area (Å²) in [6.45, 7) is 6.26. The summed E-state index contributed by atoms with van der Waals surface area (Å²) in [5, 5.41) is 0. The number of rotatable bonds is 3. The molecule has 1 aliphatic rings. The molecule has 0 spiro atoms. The Morgan fingerprint density at radius 1 is 1.39 bits per heavy atom. The van der Waals surface area contributed by atoms with Gasteiger partial charge in [-0.2, -0.15) is 0 Å². The number of hydrogen-bond donors (Lipinski definition) is 0. The van der Waals surface area contributed by atoms with Crippen molar-refractivity contribution in [2.75, 3.05) is 13.1 Å². The second-order valence-corrected chi connectivity index (χ2v) is 5.51. The van der Waals surface area contributed by atoms with Gasteiger partial charge in [-0.3, -0.25) is 4.79 Å². The van der Waals surface area contributed by atoms with Gasteiger partial charge in [-0.05, 0) is 43.2 Å². The first-order valence-corrected chi connectivity index (χ1v) is 6.99. The third-order valence-electron chi connectivity index (χ3n) is 3.88. The molecule has 1 amide bonds. The molecule has 1 aromatic carbocycles. The van der Waals surface area contributed by atoms with Crippen LogP contribution in [0.5, 0.6) is 0 Å². The van der Waals surface area contributed by atoms with Crippen molar-refractivity contribution in [3.05, 3.63) is 35.4 Å². The molecule has 1 aromatic rings. The van der Waals surface area contributed by atoms with Crippen LogP contribution in [0.2, 0.25) is 0 Å². The third kappa shape index (κ3) is 3.34. The minimum Gasteiger partial charge on any atom is -0.342 e. The zero-order chi connectivity index (χ0) is 13.0. The minimum atomic E-state index is 0.324. The Hall–Kier alpha value is -1.31. The van der Waals surface area contributed by atoms with Crippen LogP contribution in [-0.4, -0.2) is 23.9 Å². The van der Waals surface area contributed by atoms with E-state index in [4.69, 9.17) is 0 Å². The van der Waals surface area contributed by atoms with Gasteiger partial charge in [0.05, 0.1) is 0 Å². The fourth-order valence-corrected chi connectivity index (χ4v) is 2.71. The van der Waals surface area contributed by atoms with Crippen molar-refractivity contribution >= 4 is 5.91 Å². The summed E-state index contributed by atoms with van der Waals surface area (Å²) in [6, 6.07) is 8.34. The number of carbonyl (C=O) groups is 1. The molecule has 0 bridgehead atoms. The van der Waals surface area contributed by atoms with Gasteiger partial charge in [0.1, 0.15) is 0 Å². The standard InChI is InChI=1S/C16H23NO/c1-13-6-5-11-17(12-13)16(18)10-9-15-8-4-3-7-14(15)2/h3-4,7-8,13H,5-6,9-12H2,1-2H3. The second-order valence-electron chi connectivity index (χ2n) is 5.51. The molecule has 0 aromatic heterocycles. The second kappa shape index (κ2) is 6.03. The number of hydrogen-bond acceptors (Lipinski definition) is 1. The number of piperidine rings is 1. The van der Waals surface area contributed by atoms with Crippen LogP contribution in [0, 0.1) is 12.8 Å². The highest BCUT2D eigenvalue weighted by atomic mass is 16.2. The number of likely N-dealkylation sites (tertiary alicyclic amines) is 1. The van der Waals surface area contributed by atoms with Crippen LogP contribution < -0.4 is 0 Å². The first-order valence-electron chi connectivity index (χ1n) is 6.99. The minimum absolute atomic E-state index is 0.324. The maximum Gasteiger partial charge on any atom is 0.222 e. The SMILES string of the molecule is Cc1ccccc1CCC(=O)N1CCCC(C)C1. The molecule has 1 saturated heterocycles. The van der Waals surface area contributed by atoms with Gasteiger partial charge in [0.2, 0.25) is 5.91 Å². The summed E-state index contributed by atoms with van der Waals surface area (Å²) >= 11 is 0. The van der Waals surface area contributed by atoms with E-state index in [1.165, 1.54) is 17.5 Å². The van der Waals surface area contributed by atoms with Crippen LogP contribution in [0.4, 0.5) is 0 Å². The predicted molar refractivity (Wildman–Crippen MR) is 74.5 cm³/mol. The van der Waals surface area contributed by atoms with Crippen LogP contribution in [-0.2, 0) is 11.2 Å². The van der Waals surface area contributed by atoms with Gasteiger partial charge >= 0.3 is 0 Å². The number of nitrogens with zero attached hydrogens (tertiary/aromatic N) is 1. The molecule has 0 radical (unpaired) electrons. The number of aryl methyl sites for hydroxylation is 2. The number of carbonyl (C=O) groups excluding carboxylic acids is 1. The molecule has 1 unspecified atom stereocenters. The molecule has 1 fully saturated rings. The molecule has 1 aliphatic heterocycles. The van der Waals surface area contributed by atoms with Gasteiger partial charge in [0, 0.05) is 19.5 Å². The fraction of sp³-hybridized carbons (Fsp3) is 0.562. The monoisotopic (exact) mass is 245 g/mol. The van der Waals surface area contributed by atoms with Crippen molar-refractivity contribution in [1.29, 1.82) is 0 Å². The van der Waals surface area contributed by atoms with Gasteiger partial charge in [0.25, 0.3) is 0 Å². The smallest absolute Gasteiger partial charge is 0.222 e. The normalized spacial score (nSPS) is 19.9. The zero-order valence-corrected chi connectivity index (χ0v) is 11.5. The Kier molecular flexibility index (Phi) is 4.40. The summed E-state index contributed by atoms with van der Waals surface area (Å²) in [7, 11) is 0. The van der Waals surface area contributed by atoms with Gasteiger partial charge in [0.15, 0.2) is 0 Å². The Morgan fingerprint density at radius 2 is 2.17 bits per heavy atom. The first kappa shape index (κ1) is 13.1. The van der Waals surface area contributed by atoms with Crippen molar-refractivity contribution in [3.8, 4) is 0 Å². The lowest BCUT2D eigenvalue weighted by Gasteiger charge is -2.31. The highest BCUT2D eigenvalue weighted by molar-refractivity contribution is 5.76. The van der Waals surface area contributed by atoms with Crippen LogP contribution in [0.15, 0.2) is 24.3 Å². The Bertz CT molecular complexity index is 413. The van der Waals surface area contributed by atoms with E-state index in [9.17, 15) is 4.79 Å². The summed E-state index contributed by atoms with van der Waals surface area (Å²) in [6.07, 6.45) is 3.95. The van der Waals surface area contributed by atoms with Crippen molar-refractivity contribution in [3.63, 3.8) is 0 Å². The van der Waals surface area contributed by atoms with Gasteiger partial charge in [-0.1, -0.05) is 31.2 Å². The Morgan fingerprint density at radius 3 is 2.89 bits per heavy atom. The van der Waals surface area contributed by atoms with Gasteiger partial charge in [-0.25, -0.2) is 0 Å². The molecule has 2 nitrogen and oxygen atoms in total. The highest BCUT2D eigenvalue weighted by Gasteiger charge is 2.20. The van der Waals surface area contributed by atoms with E-state index in [-0.39, 0.29) is 0 Å². The largest absolute Gasteiger partial charge is 0.342 e. The predicted octanol–water partition coefficient (Wildman–Crippen LogP) is 3.19. The van der Waals surface area contributed by atoms with E-state index < -0.39 is 0 Å². The Balaban J connectivity index is 1.86. The summed E-state index contributed by atoms with van der Waals surface area (Å²) in [5.41, 5.74) is 2.59. The molecule has 2 rings (SSSR count). The van der Waals surface area contributed by atoms with Crippen molar-refractivity contribution < 1.29 is 4.79 Å². The van der Waals surface area contributed by atoms with Gasteiger partial charge < -0.3 is 4.90 Å². The van der Waals surface area contributed by atoms with Crippen molar-refractivity contribution in [1.82, 2.24) is 4.90 Å². The average molecular weight is 245 g/mol. The van der Waals surface area contributed by atoms with E-state index in [2.05, 4.69) is 32.0 Å². The highest BCUT2D eigenvalue weighted by Crippen LogP contribution is 2.17. The molecular weight excluding hydrogens is 222 g/mol. The summed E-state index contributed by atoms with van der Waals surface area (Å²) in [5.74, 6) is 0.992. The molecule has 0 N–H and O–H groups in total. The molecule has 18 heavy (non-hydrogen) atoms. The number of benzene rings is 1. The topological polar surface area (TPSA) is 20.3 Å². The lowest BCUT2D eigenvalue weighted by Crippen LogP contribution is -2.39. The van der Waals surface area contributed by atoms with Crippen LogP contribution in [0.3, 0.4) is 0 Å². The molecule has 0 saturated carbocycles. The van der Waals surface area contributed by atoms with Crippen molar-refractivity contribution in [2.45, 2.75) is 39.5 Å². The molecule has 1 heterocycles. The molecule has 2 heteroatoms. The lowest BCUT2D eigenvalue weighted by atomic mass is 9.99. The lowest BCUT2D eigenvalue weighted by molar-refractivity contribution is -0.132. The van der Waals surface area contributed by atoms with Crippen LogP contribution >= 0.6 is 0 Å². The van der Waals surface area contributed by atoms with Crippen molar-refractivity contribution in [2.24, 2.45) is 5.92 Å². The van der Waals surface area contributed by atoms with E-state index in [1.807, 2.05) is 11.0 Å².